The second-order valence-corrected chi connectivity index (χ2v) is 9.39. The molecule has 0 saturated carbocycles. The lowest BCUT2D eigenvalue weighted by molar-refractivity contribution is -0.113. The van der Waals surface area contributed by atoms with E-state index in [4.69, 9.17) is 0 Å². The van der Waals surface area contributed by atoms with Gasteiger partial charge in [0.15, 0.2) is 5.16 Å². The van der Waals surface area contributed by atoms with E-state index < -0.39 is 0 Å². The van der Waals surface area contributed by atoms with Gasteiger partial charge in [0, 0.05) is 21.5 Å². The van der Waals surface area contributed by atoms with Gasteiger partial charge in [-0.2, -0.15) is 0 Å². The summed E-state index contributed by atoms with van der Waals surface area (Å²) in [5.41, 5.74) is 2.14. The fourth-order valence-electron chi connectivity index (χ4n) is 2.68. The lowest BCUT2D eigenvalue weighted by atomic mass is 10.0. The smallest absolute Gasteiger partial charge is 0.234 e. The van der Waals surface area contributed by atoms with E-state index in [9.17, 15) is 4.79 Å². The Morgan fingerprint density at radius 2 is 1.62 bits per heavy atom. The Hall–Kier alpha value is -2.25. The molecule has 1 N–H and O–H groups in total. The SMILES string of the molecule is CC(C)c1ccc(Sc2ccc(NC(=O)CSc3nncn3C(C)C)cc2)cc1. The zero-order valence-electron chi connectivity index (χ0n) is 17.1. The molecular weight excluding hydrogens is 400 g/mol. The highest BCUT2D eigenvalue weighted by Crippen LogP contribution is 2.29. The van der Waals surface area contributed by atoms with Crippen LogP contribution in [0.5, 0.6) is 0 Å². The third kappa shape index (κ3) is 6.11. The molecule has 0 spiro atoms. The molecule has 7 heteroatoms. The largest absolute Gasteiger partial charge is 0.325 e. The van der Waals surface area contributed by atoms with Crippen molar-refractivity contribution in [3.8, 4) is 0 Å². The monoisotopic (exact) mass is 426 g/mol. The molecule has 0 bridgehead atoms. The second-order valence-electron chi connectivity index (χ2n) is 7.30. The quantitative estimate of drug-likeness (QED) is 0.457. The number of anilines is 1. The summed E-state index contributed by atoms with van der Waals surface area (Å²) in [7, 11) is 0. The van der Waals surface area contributed by atoms with E-state index in [1.54, 1.807) is 18.1 Å². The van der Waals surface area contributed by atoms with Crippen LogP contribution in [0.25, 0.3) is 0 Å². The van der Waals surface area contributed by atoms with Gasteiger partial charge in [0.2, 0.25) is 5.91 Å². The Labute approximate surface area is 180 Å². The molecule has 0 aliphatic heterocycles. The van der Waals surface area contributed by atoms with E-state index in [0.29, 0.717) is 11.7 Å². The summed E-state index contributed by atoms with van der Waals surface area (Å²) in [6.07, 6.45) is 1.69. The van der Waals surface area contributed by atoms with Crippen LogP contribution >= 0.6 is 23.5 Å². The van der Waals surface area contributed by atoms with E-state index in [1.165, 1.54) is 22.2 Å². The first kappa shape index (κ1) is 21.5. The van der Waals surface area contributed by atoms with Gasteiger partial charge >= 0.3 is 0 Å². The lowest BCUT2D eigenvalue weighted by Crippen LogP contribution is -2.14. The van der Waals surface area contributed by atoms with Gasteiger partial charge in [-0.3, -0.25) is 4.79 Å². The number of aromatic nitrogens is 3. The average Bonchev–Trinajstić information content (AvgIpc) is 3.17. The van der Waals surface area contributed by atoms with Crippen molar-refractivity contribution in [1.29, 1.82) is 0 Å². The number of benzene rings is 2. The van der Waals surface area contributed by atoms with Gasteiger partial charge in [0.25, 0.3) is 0 Å². The number of amides is 1. The maximum atomic E-state index is 12.3. The molecule has 0 aliphatic carbocycles. The van der Waals surface area contributed by atoms with Crippen molar-refractivity contribution in [1.82, 2.24) is 14.8 Å². The number of carbonyl (C=O) groups excluding carboxylic acids is 1. The van der Waals surface area contributed by atoms with E-state index in [1.807, 2.05) is 28.8 Å². The van der Waals surface area contributed by atoms with Crippen molar-refractivity contribution in [3.63, 3.8) is 0 Å². The van der Waals surface area contributed by atoms with Crippen LogP contribution in [0.1, 0.15) is 45.2 Å². The minimum absolute atomic E-state index is 0.0574. The summed E-state index contributed by atoms with van der Waals surface area (Å²) >= 11 is 3.10. The molecule has 0 atom stereocenters. The van der Waals surface area contributed by atoms with Gasteiger partial charge in [0.1, 0.15) is 6.33 Å². The van der Waals surface area contributed by atoms with Crippen LogP contribution in [0.4, 0.5) is 5.69 Å². The summed E-state index contributed by atoms with van der Waals surface area (Å²) in [5.74, 6) is 0.777. The molecule has 3 rings (SSSR count). The molecule has 5 nitrogen and oxygen atoms in total. The highest BCUT2D eigenvalue weighted by molar-refractivity contribution is 7.99. The standard InChI is InChI=1S/C22H26N4OS2/c1-15(2)17-5-9-19(10-6-17)29-20-11-7-18(8-12-20)24-21(27)13-28-22-25-23-14-26(22)16(3)4/h5-12,14-16H,13H2,1-4H3,(H,24,27). The third-order valence-electron chi connectivity index (χ3n) is 4.35. The average molecular weight is 427 g/mol. The molecule has 3 aromatic rings. The minimum Gasteiger partial charge on any atom is -0.325 e. The molecular formula is C22H26N4OS2. The first-order valence-corrected chi connectivity index (χ1v) is 11.4. The fraction of sp³-hybridized carbons (Fsp3) is 0.318. The van der Waals surface area contributed by atoms with E-state index >= 15 is 0 Å². The Morgan fingerprint density at radius 1 is 1.00 bits per heavy atom. The lowest BCUT2D eigenvalue weighted by Gasteiger charge is -2.10. The molecule has 0 saturated heterocycles. The number of nitrogens with zero attached hydrogens (tertiary/aromatic N) is 3. The molecule has 0 fully saturated rings. The maximum absolute atomic E-state index is 12.3. The molecule has 1 aromatic heterocycles. The van der Waals surface area contributed by atoms with Gasteiger partial charge in [-0.05, 0) is 61.7 Å². The Kier molecular flexibility index (Phi) is 7.39. The summed E-state index contributed by atoms with van der Waals surface area (Å²) in [4.78, 5) is 14.6. The van der Waals surface area contributed by atoms with Gasteiger partial charge in [-0.25, -0.2) is 0 Å². The van der Waals surface area contributed by atoms with Crippen LogP contribution in [-0.4, -0.2) is 26.4 Å². The van der Waals surface area contributed by atoms with Gasteiger partial charge in [-0.1, -0.05) is 49.5 Å². The predicted molar refractivity (Wildman–Crippen MR) is 121 cm³/mol. The zero-order chi connectivity index (χ0) is 20.8. The Morgan fingerprint density at radius 3 is 2.21 bits per heavy atom. The Bertz CT molecular complexity index is 934. The number of thioether (sulfide) groups is 1. The zero-order valence-corrected chi connectivity index (χ0v) is 18.8. The maximum Gasteiger partial charge on any atom is 0.234 e. The van der Waals surface area contributed by atoms with Crippen molar-refractivity contribution in [2.45, 2.75) is 54.6 Å². The van der Waals surface area contributed by atoms with Gasteiger partial charge in [-0.15, -0.1) is 10.2 Å². The molecule has 0 unspecified atom stereocenters. The van der Waals surface area contributed by atoms with Crippen LogP contribution < -0.4 is 5.32 Å². The predicted octanol–water partition coefficient (Wildman–Crippen LogP) is 5.86. The highest BCUT2D eigenvalue weighted by Gasteiger charge is 2.11. The topological polar surface area (TPSA) is 59.8 Å². The molecule has 29 heavy (non-hydrogen) atoms. The Balaban J connectivity index is 1.52. The molecule has 2 aromatic carbocycles. The third-order valence-corrected chi connectivity index (χ3v) is 6.32. The van der Waals surface area contributed by atoms with E-state index in [-0.39, 0.29) is 11.9 Å². The van der Waals surface area contributed by atoms with Gasteiger partial charge in [0.05, 0.1) is 5.75 Å². The number of nitrogens with one attached hydrogen (secondary N) is 1. The number of hydrogen-bond donors (Lipinski definition) is 1. The van der Waals surface area contributed by atoms with Crippen LogP contribution in [0.2, 0.25) is 0 Å². The number of hydrogen-bond acceptors (Lipinski definition) is 5. The normalized spacial score (nSPS) is 11.2. The first-order chi connectivity index (χ1) is 13.9. The fourth-order valence-corrected chi connectivity index (χ4v) is 4.34. The van der Waals surface area contributed by atoms with Crippen LogP contribution in [0.15, 0.2) is 69.8 Å². The molecule has 0 aliphatic rings. The van der Waals surface area contributed by atoms with Crippen molar-refractivity contribution in [2.24, 2.45) is 0 Å². The minimum atomic E-state index is -0.0574. The van der Waals surface area contributed by atoms with Gasteiger partial charge < -0.3 is 9.88 Å². The van der Waals surface area contributed by atoms with Crippen molar-refractivity contribution in [3.05, 3.63) is 60.4 Å². The first-order valence-electron chi connectivity index (χ1n) is 9.62. The van der Waals surface area contributed by atoms with Crippen LogP contribution in [0, 0.1) is 0 Å². The second kappa shape index (κ2) is 9.98. The van der Waals surface area contributed by atoms with E-state index in [0.717, 1.165) is 15.7 Å². The molecule has 1 heterocycles. The summed E-state index contributed by atoms with van der Waals surface area (Å²) in [6, 6.07) is 16.9. The number of rotatable bonds is 8. The molecule has 0 radical (unpaired) electrons. The summed E-state index contributed by atoms with van der Waals surface area (Å²) in [5, 5.41) is 11.7. The number of carbonyl (C=O) groups is 1. The molecule has 152 valence electrons. The van der Waals surface area contributed by atoms with Crippen LogP contribution in [0.3, 0.4) is 0 Å². The summed E-state index contributed by atoms with van der Waals surface area (Å²) < 4.78 is 1.96. The highest BCUT2D eigenvalue weighted by atomic mass is 32.2. The van der Waals surface area contributed by atoms with E-state index in [2.05, 4.69) is 67.5 Å². The van der Waals surface area contributed by atoms with Crippen molar-refractivity contribution < 1.29 is 4.79 Å². The molecule has 1 amide bonds. The van der Waals surface area contributed by atoms with Crippen LogP contribution in [-0.2, 0) is 4.79 Å². The summed E-state index contributed by atoms with van der Waals surface area (Å²) in [6.45, 7) is 8.52. The van der Waals surface area contributed by atoms with Crippen molar-refractivity contribution >= 4 is 35.1 Å². The van der Waals surface area contributed by atoms with Crippen molar-refractivity contribution in [2.75, 3.05) is 11.1 Å².